The summed E-state index contributed by atoms with van der Waals surface area (Å²) >= 11 is 5.89. The normalized spacial score (nSPS) is 22.6. The van der Waals surface area contributed by atoms with Gasteiger partial charge in [0.1, 0.15) is 0 Å². The molecule has 25 heavy (non-hydrogen) atoms. The average molecular weight is 372 g/mol. The molecule has 0 spiro atoms. The van der Waals surface area contributed by atoms with Gasteiger partial charge >= 0.3 is 0 Å². The molecule has 1 unspecified atom stereocenters. The molecule has 0 aliphatic carbocycles. The second-order valence-corrected chi connectivity index (χ2v) is 8.98. The van der Waals surface area contributed by atoms with E-state index in [2.05, 4.69) is 0 Å². The Balaban J connectivity index is 1.92. The predicted molar refractivity (Wildman–Crippen MR) is 97.2 cm³/mol. The molecular weight excluding hydrogens is 342 g/mol. The van der Waals surface area contributed by atoms with Gasteiger partial charge in [0.05, 0.1) is 11.3 Å². The summed E-state index contributed by atoms with van der Waals surface area (Å²) in [5, 5.41) is 0. The highest BCUT2D eigenvalue weighted by Crippen LogP contribution is 2.28. The summed E-state index contributed by atoms with van der Waals surface area (Å²) in [4.78, 5) is 42.8. The third kappa shape index (κ3) is 4.27. The number of hydrogen-bond donors (Lipinski definition) is 0. The lowest BCUT2D eigenvalue weighted by molar-refractivity contribution is -0.146. The lowest BCUT2D eigenvalue weighted by Crippen LogP contribution is -2.55. The Hall–Kier alpha value is -1.30. The molecule has 0 N–H and O–H groups in total. The van der Waals surface area contributed by atoms with Gasteiger partial charge in [-0.15, -0.1) is 11.6 Å². The van der Waals surface area contributed by atoms with Gasteiger partial charge in [0.25, 0.3) is 0 Å². The fourth-order valence-corrected chi connectivity index (χ4v) is 3.51. The van der Waals surface area contributed by atoms with Crippen molar-refractivity contribution in [2.24, 2.45) is 11.3 Å². The van der Waals surface area contributed by atoms with Crippen LogP contribution in [0.3, 0.4) is 0 Å². The van der Waals surface area contributed by atoms with E-state index >= 15 is 0 Å². The van der Waals surface area contributed by atoms with Gasteiger partial charge in [-0.25, -0.2) is 0 Å². The van der Waals surface area contributed by atoms with Crippen molar-refractivity contribution in [1.82, 2.24) is 14.7 Å². The lowest BCUT2D eigenvalue weighted by Gasteiger charge is -2.39. The SMILES string of the molecule is CC(C)(CCl)C(=O)N1CCN(C(=O)C2CC(=O)N(C(C)(C)C)C2)CC1. The number of hydrogen-bond acceptors (Lipinski definition) is 3. The molecule has 2 heterocycles. The van der Waals surface area contributed by atoms with Crippen LogP contribution in [0.4, 0.5) is 0 Å². The number of piperazine rings is 1. The standard InChI is InChI=1S/C18H30ClN3O3/c1-17(2,3)22-11-13(10-14(22)23)15(24)20-6-8-21(9-7-20)16(25)18(4,5)12-19/h13H,6-12H2,1-5H3. The summed E-state index contributed by atoms with van der Waals surface area (Å²) in [7, 11) is 0. The molecule has 6 nitrogen and oxygen atoms in total. The molecule has 0 saturated carbocycles. The molecule has 0 radical (unpaired) electrons. The third-order valence-electron chi connectivity index (χ3n) is 5.08. The van der Waals surface area contributed by atoms with Crippen LogP contribution in [0, 0.1) is 11.3 Å². The van der Waals surface area contributed by atoms with E-state index in [0.29, 0.717) is 32.7 Å². The highest BCUT2D eigenvalue weighted by Gasteiger charge is 2.42. The van der Waals surface area contributed by atoms with Gasteiger partial charge in [-0.3, -0.25) is 14.4 Å². The molecule has 0 bridgehead atoms. The fourth-order valence-electron chi connectivity index (χ4n) is 3.39. The second-order valence-electron chi connectivity index (χ2n) is 8.71. The fraction of sp³-hybridized carbons (Fsp3) is 0.833. The Morgan fingerprint density at radius 1 is 1.04 bits per heavy atom. The Morgan fingerprint density at radius 2 is 1.56 bits per heavy atom. The van der Waals surface area contributed by atoms with Crippen molar-refractivity contribution in [3.63, 3.8) is 0 Å². The first-order chi connectivity index (χ1) is 11.5. The number of rotatable bonds is 3. The molecule has 2 aliphatic rings. The minimum Gasteiger partial charge on any atom is -0.339 e. The van der Waals surface area contributed by atoms with Crippen LogP contribution in [0.2, 0.25) is 0 Å². The molecule has 7 heteroatoms. The summed E-state index contributed by atoms with van der Waals surface area (Å²) < 4.78 is 0. The van der Waals surface area contributed by atoms with Gasteiger partial charge in [0.15, 0.2) is 0 Å². The van der Waals surface area contributed by atoms with Crippen molar-refractivity contribution in [2.75, 3.05) is 38.6 Å². The summed E-state index contributed by atoms with van der Waals surface area (Å²) in [5.74, 6) is 0.114. The van der Waals surface area contributed by atoms with Gasteiger partial charge in [-0.2, -0.15) is 0 Å². The summed E-state index contributed by atoms with van der Waals surface area (Å²) in [6.07, 6.45) is 0.286. The maximum absolute atomic E-state index is 12.8. The molecule has 142 valence electrons. The van der Waals surface area contributed by atoms with Crippen LogP contribution in [0.15, 0.2) is 0 Å². The van der Waals surface area contributed by atoms with Gasteiger partial charge < -0.3 is 14.7 Å². The molecule has 2 saturated heterocycles. The highest BCUT2D eigenvalue weighted by molar-refractivity contribution is 6.19. The van der Waals surface area contributed by atoms with Gasteiger partial charge in [0.2, 0.25) is 17.7 Å². The molecule has 2 rings (SSSR count). The van der Waals surface area contributed by atoms with Gasteiger partial charge in [0, 0.05) is 50.6 Å². The molecular formula is C18H30ClN3O3. The number of likely N-dealkylation sites (tertiary alicyclic amines) is 1. The van der Waals surface area contributed by atoms with Crippen molar-refractivity contribution < 1.29 is 14.4 Å². The van der Waals surface area contributed by atoms with E-state index in [-0.39, 0.29) is 41.5 Å². The van der Waals surface area contributed by atoms with E-state index < -0.39 is 5.41 Å². The third-order valence-corrected chi connectivity index (χ3v) is 5.74. The minimum atomic E-state index is -0.585. The van der Waals surface area contributed by atoms with Crippen LogP contribution < -0.4 is 0 Å². The van der Waals surface area contributed by atoms with E-state index in [9.17, 15) is 14.4 Å². The number of amides is 3. The van der Waals surface area contributed by atoms with Crippen molar-refractivity contribution >= 4 is 29.3 Å². The number of alkyl halides is 1. The van der Waals surface area contributed by atoms with Crippen LogP contribution in [0.25, 0.3) is 0 Å². The smallest absolute Gasteiger partial charge is 0.229 e. The minimum absolute atomic E-state index is 0.0313. The quantitative estimate of drug-likeness (QED) is 0.707. The van der Waals surface area contributed by atoms with Crippen LogP contribution in [0.1, 0.15) is 41.0 Å². The van der Waals surface area contributed by atoms with Gasteiger partial charge in [-0.05, 0) is 34.6 Å². The Kier molecular flexibility index (Phi) is 5.71. The monoisotopic (exact) mass is 371 g/mol. The van der Waals surface area contributed by atoms with Crippen molar-refractivity contribution in [3.8, 4) is 0 Å². The van der Waals surface area contributed by atoms with E-state index in [4.69, 9.17) is 11.6 Å². The van der Waals surface area contributed by atoms with Crippen LogP contribution in [-0.2, 0) is 14.4 Å². The summed E-state index contributed by atoms with van der Waals surface area (Å²) in [6.45, 7) is 12.2. The van der Waals surface area contributed by atoms with E-state index in [0.717, 1.165) is 0 Å². The number of halogens is 1. The molecule has 0 aromatic rings. The molecule has 2 aliphatic heterocycles. The topological polar surface area (TPSA) is 60.9 Å². The Labute approximate surface area is 155 Å². The van der Waals surface area contributed by atoms with Crippen LogP contribution >= 0.6 is 11.6 Å². The zero-order chi connectivity index (χ0) is 19.0. The number of nitrogens with zero attached hydrogens (tertiary/aromatic N) is 3. The zero-order valence-corrected chi connectivity index (χ0v) is 16.7. The maximum atomic E-state index is 12.8. The first-order valence-electron chi connectivity index (χ1n) is 8.92. The molecule has 2 fully saturated rings. The summed E-state index contributed by atoms with van der Waals surface area (Å²) in [6, 6.07) is 0. The van der Waals surface area contributed by atoms with E-state index in [1.807, 2.05) is 34.6 Å². The molecule has 1 atom stereocenters. The summed E-state index contributed by atoms with van der Waals surface area (Å²) in [5.41, 5.74) is -0.844. The lowest BCUT2D eigenvalue weighted by atomic mass is 9.94. The first-order valence-corrected chi connectivity index (χ1v) is 9.45. The zero-order valence-electron chi connectivity index (χ0n) is 16.0. The number of carbonyl (C=O) groups is 3. The second kappa shape index (κ2) is 7.14. The van der Waals surface area contributed by atoms with Crippen molar-refractivity contribution in [3.05, 3.63) is 0 Å². The Morgan fingerprint density at radius 3 is 2.00 bits per heavy atom. The van der Waals surface area contributed by atoms with Gasteiger partial charge in [-0.1, -0.05) is 0 Å². The number of carbonyl (C=O) groups excluding carboxylic acids is 3. The van der Waals surface area contributed by atoms with Crippen molar-refractivity contribution in [2.45, 2.75) is 46.6 Å². The average Bonchev–Trinajstić information content (AvgIpc) is 2.95. The molecule has 3 amide bonds. The predicted octanol–water partition coefficient (Wildman–Crippen LogP) is 1.57. The maximum Gasteiger partial charge on any atom is 0.229 e. The van der Waals surface area contributed by atoms with E-state index in [1.54, 1.807) is 14.7 Å². The largest absolute Gasteiger partial charge is 0.339 e. The van der Waals surface area contributed by atoms with Crippen molar-refractivity contribution in [1.29, 1.82) is 0 Å². The molecule has 0 aromatic heterocycles. The van der Waals surface area contributed by atoms with E-state index in [1.165, 1.54) is 0 Å². The molecule has 0 aromatic carbocycles. The van der Waals surface area contributed by atoms with Crippen LogP contribution in [-0.4, -0.2) is 76.6 Å². The first kappa shape index (κ1) is 20.0. The van der Waals surface area contributed by atoms with Crippen LogP contribution in [0.5, 0.6) is 0 Å². The highest BCUT2D eigenvalue weighted by atomic mass is 35.5. The Bertz CT molecular complexity index is 548.